The summed E-state index contributed by atoms with van der Waals surface area (Å²) in [5.74, 6) is 0. The first-order valence-corrected chi connectivity index (χ1v) is 1.48. The van der Waals surface area contributed by atoms with Gasteiger partial charge in [0.2, 0.25) is 5.24 Å². The predicted octanol–water partition coefficient (Wildman–Crippen LogP) is 1.16. The molecule has 0 aromatic rings. The van der Waals surface area contributed by atoms with Crippen molar-refractivity contribution in [3.05, 3.63) is 0 Å². The Balaban J connectivity index is 3.55. The highest BCUT2D eigenvalue weighted by Gasteiger charge is 1.81. The smallest absolute Gasteiger partial charge is 0.221 e. The Morgan fingerprint density at radius 1 is 2.40 bits per heavy atom. The normalized spacial score (nSPS) is 19.0. The average Bonchev–Trinajstić information content (AvgIpc) is 1.21. The molecule has 0 radical (unpaired) electrons. The molecule has 0 fully saturated rings. The number of hydrogen-bond acceptors (Lipinski definition) is 1. The van der Waals surface area contributed by atoms with Crippen LogP contribution in [0.4, 0.5) is 0 Å². The van der Waals surface area contributed by atoms with Crippen LogP contribution in [0, 0.1) is 0 Å². The van der Waals surface area contributed by atoms with Gasteiger partial charge in [-0.3, -0.25) is 4.79 Å². The molecule has 0 amide bonds. The number of rotatable bonds is 1. The maximum absolute atomic E-state index is 9.86. The highest BCUT2D eigenvalue weighted by Crippen LogP contribution is 1.81. The first-order chi connectivity index (χ1) is 3.42. The Hall–Kier alpha value is -0.0400. The van der Waals surface area contributed by atoms with E-state index in [0.717, 1.165) is 0 Å². The van der Waals surface area contributed by atoms with Crippen molar-refractivity contribution < 1.29 is 8.91 Å². The zero-order chi connectivity index (χ0) is 6.78. The van der Waals surface area contributed by atoms with Crippen LogP contribution >= 0.6 is 11.6 Å². The molecule has 0 N–H and O–H groups in total. The van der Waals surface area contributed by atoms with E-state index in [1.807, 2.05) is 0 Å². The van der Waals surface area contributed by atoms with Gasteiger partial charge in [0, 0.05) is 10.5 Å². The van der Waals surface area contributed by atoms with Crippen molar-refractivity contribution in [2.45, 2.75) is 13.3 Å². The minimum absolute atomic E-state index is 0.547. The van der Waals surface area contributed by atoms with Crippen molar-refractivity contribution in [2.75, 3.05) is 0 Å². The molecule has 0 atom stereocenters. The molecule has 0 aliphatic heterocycles. The third-order valence-corrected chi connectivity index (χ3v) is 0.273. The van der Waals surface area contributed by atoms with Crippen molar-refractivity contribution in [2.24, 2.45) is 0 Å². The van der Waals surface area contributed by atoms with Crippen LogP contribution in [0.1, 0.15) is 17.4 Å². The van der Waals surface area contributed by atoms with Gasteiger partial charge >= 0.3 is 0 Å². The molecule has 0 spiro atoms. The molecule has 1 nitrogen and oxygen atoms in total. The van der Waals surface area contributed by atoms with Crippen molar-refractivity contribution in [1.29, 1.82) is 0 Å². The number of halogens is 1. The third kappa shape index (κ3) is 3.96. The summed E-state index contributed by atoms with van der Waals surface area (Å²) in [6.07, 6.45) is -0.547. The SMILES string of the molecule is [2H]C([2H])([2H])CC(=O)Cl. The molecule has 0 rings (SSSR count). The van der Waals surface area contributed by atoms with E-state index in [1.54, 1.807) is 0 Å². The molecule has 0 bridgehead atoms. The molecule has 5 heavy (non-hydrogen) atoms. The average molecular weight is 95.5 g/mol. The van der Waals surface area contributed by atoms with Crippen LogP contribution in [0.15, 0.2) is 0 Å². The second-order valence-electron chi connectivity index (χ2n) is 0.532. The lowest BCUT2D eigenvalue weighted by molar-refractivity contribution is -0.111. The summed E-state index contributed by atoms with van der Waals surface area (Å²) in [5.41, 5.74) is 0. The Morgan fingerprint density at radius 3 is 3.00 bits per heavy atom. The van der Waals surface area contributed by atoms with Gasteiger partial charge in [-0.25, -0.2) is 0 Å². The molecule has 0 saturated carbocycles. The molecule has 0 saturated heterocycles. The van der Waals surface area contributed by atoms with Gasteiger partial charge in [0.25, 0.3) is 0 Å². The number of carbonyl (C=O) groups excluding carboxylic acids is 1. The Bertz CT molecular complexity index is 97.2. The van der Waals surface area contributed by atoms with Crippen molar-refractivity contribution in [1.82, 2.24) is 0 Å². The van der Waals surface area contributed by atoms with Gasteiger partial charge in [-0.2, -0.15) is 0 Å². The van der Waals surface area contributed by atoms with E-state index < -0.39 is 18.5 Å². The van der Waals surface area contributed by atoms with Crippen LogP contribution in [-0.2, 0) is 4.79 Å². The molecule has 0 aliphatic rings. The first-order valence-electron chi connectivity index (χ1n) is 2.60. The fourth-order valence-electron chi connectivity index (χ4n) is 0. The number of carbonyl (C=O) groups is 1. The fraction of sp³-hybridized carbons (Fsp3) is 0.667. The van der Waals surface area contributed by atoms with E-state index >= 15 is 0 Å². The summed E-state index contributed by atoms with van der Waals surface area (Å²) in [4.78, 5) is 9.86. The highest BCUT2D eigenvalue weighted by atomic mass is 35.5. The highest BCUT2D eigenvalue weighted by molar-refractivity contribution is 6.63. The van der Waals surface area contributed by atoms with Crippen LogP contribution < -0.4 is 0 Å². The van der Waals surface area contributed by atoms with Gasteiger partial charge in [-0.05, 0) is 11.6 Å². The lowest BCUT2D eigenvalue weighted by Crippen LogP contribution is -1.74. The summed E-state index contributed by atoms with van der Waals surface area (Å²) in [7, 11) is 0. The van der Waals surface area contributed by atoms with Crippen LogP contribution in [-0.4, -0.2) is 5.24 Å². The summed E-state index contributed by atoms with van der Waals surface area (Å²) >= 11 is 4.76. The summed E-state index contributed by atoms with van der Waals surface area (Å²) < 4.78 is 19.5. The first kappa shape index (κ1) is 1.61. The maximum Gasteiger partial charge on any atom is 0.221 e. The van der Waals surface area contributed by atoms with Gasteiger partial charge in [-0.1, -0.05) is 6.85 Å². The molecular weight excluding hydrogens is 87.5 g/mol. The van der Waals surface area contributed by atoms with Crippen molar-refractivity contribution >= 4 is 16.8 Å². The second-order valence-corrected chi connectivity index (χ2v) is 0.953. The van der Waals surface area contributed by atoms with Gasteiger partial charge in [0.1, 0.15) is 0 Å². The number of hydrogen-bond donors (Lipinski definition) is 0. The third-order valence-electron chi connectivity index (χ3n) is 0.139. The summed E-state index contributed by atoms with van der Waals surface area (Å²) in [5, 5.41) is -0.815. The van der Waals surface area contributed by atoms with E-state index in [-0.39, 0.29) is 0 Å². The largest absolute Gasteiger partial charge is 0.281 e. The molecule has 0 heterocycles. The van der Waals surface area contributed by atoms with Gasteiger partial charge in [0.05, 0.1) is 0 Å². The van der Waals surface area contributed by atoms with Crippen LogP contribution in [0.2, 0.25) is 0 Å². The van der Waals surface area contributed by atoms with Crippen LogP contribution in [0.25, 0.3) is 0 Å². The van der Waals surface area contributed by atoms with Crippen molar-refractivity contribution in [3.8, 4) is 0 Å². The van der Waals surface area contributed by atoms with E-state index in [1.165, 1.54) is 0 Å². The van der Waals surface area contributed by atoms with E-state index in [9.17, 15) is 4.79 Å². The molecule has 0 aromatic heterocycles. The molecule has 0 aliphatic carbocycles. The Kier molecular flexibility index (Phi) is 0.711. The van der Waals surface area contributed by atoms with E-state index in [2.05, 4.69) is 0 Å². The summed E-state index contributed by atoms with van der Waals surface area (Å²) in [6.45, 7) is -2.21. The minimum atomic E-state index is -2.21. The minimum Gasteiger partial charge on any atom is -0.281 e. The lowest BCUT2D eigenvalue weighted by atomic mass is 10.6. The van der Waals surface area contributed by atoms with E-state index in [4.69, 9.17) is 15.7 Å². The Morgan fingerprint density at radius 2 is 3.00 bits per heavy atom. The van der Waals surface area contributed by atoms with Gasteiger partial charge in [0.15, 0.2) is 0 Å². The topological polar surface area (TPSA) is 17.1 Å². The molecule has 30 valence electrons. The lowest BCUT2D eigenvalue weighted by Gasteiger charge is -1.68. The quantitative estimate of drug-likeness (QED) is 0.447. The predicted molar refractivity (Wildman–Crippen MR) is 21.2 cm³/mol. The van der Waals surface area contributed by atoms with E-state index in [0.29, 0.717) is 0 Å². The fourth-order valence-corrected chi connectivity index (χ4v) is 0. The van der Waals surface area contributed by atoms with Crippen LogP contribution in [0.5, 0.6) is 0 Å². The van der Waals surface area contributed by atoms with Crippen LogP contribution in [0.3, 0.4) is 0 Å². The molecule has 0 aromatic carbocycles. The molecular formula is C3H5ClO. The monoisotopic (exact) mass is 95.0 g/mol. The molecule has 2 heteroatoms. The van der Waals surface area contributed by atoms with Gasteiger partial charge < -0.3 is 0 Å². The second kappa shape index (κ2) is 2.21. The van der Waals surface area contributed by atoms with Gasteiger partial charge in [-0.15, -0.1) is 0 Å². The zero-order valence-corrected chi connectivity index (χ0v) is 3.25. The van der Waals surface area contributed by atoms with Crippen molar-refractivity contribution in [3.63, 3.8) is 0 Å². The maximum atomic E-state index is 9.86. The summed E-state index contributed by atoms with van der Waals surface area (Å²) in [6, 6.07) is 0. The Labute approximate surface area is 40.1 Å². The standard InChI is InChI=1S/C3H5ClO/c1-2-3(4)5/h2H2,1H3/i1D3. The zero-order valence-electron chi connectivity index (χ0n) is 5.49. The molecule has 0 unspecified atom stereocenters.